The summed E-state index contributed by atoms with van der Waals surface area (Å²) in [5.41, 5.74) is 3.18. The van der Waals surface area contributed by atoms with Crippen molar-refractivity contribution in [3.05, 3.63) is 53.3 Å². The lowest BCUT2D eigenvalue weighted by molar-refractivity contribution is 0.0600. The highest BCUT2D eigenvalue weighted by molar-refractivity contribution is 5.93. The van der Waals surface area contributed by atoms with E-state index in [-0.39, 0.29) is 5.97 Å². The second-order valence-corrected chi connectivity index (χ2v) is 5.19. The van der Waals surface area contributed by atoms with E-state index >= 15 is 0 Å². The molecule has 0 atom stereocenters. The van der Waals surface area contributed by atoms with Gasteiger partial charge in [0.15, 0.2) is 0 Å². The standard InChI is InChI=1S/C17H20N2O2/c1-12(2)19-9-8-14(11-19)10-18-16-7-5-6-15(13(16)3)17(20)21-4/h5-12H,1-4H3. The van der Waals surface area contributed by atoms with Gasteiger partial charge in [-0.05, 0) is 44.5 Å². The molecule has 0 spiro atoms. The minimum absolute atomic E-state index is 0.337. The van der Waals surface area contributed by atoms with Crippen molar-refractivity contribution >= 4 is 17.9 Å². The summed E-state index contributed by atoms with van der Waals surface area (Å²) in [6.07, 6.45) is 5.89. The van der Waals surface area contributed by atoms with Gasteiger partial charge in [-0.3, -0.25) is 4.99 Å². The Hall–Kier alpha value is -2.36. The van der Waals surface area contributed by atoms with E-state index in [1.807, 2.05) is 43.7 Å². The van der Waals surface area contributed by atoms with Crippen LogP contribution in [0.25, 0.3) is 0 Å². The summed E-state index contributed by atoms with van der Waals surface area (Å²) in [6, 6.07) is 7.89. The maximum Gasteiger partial charge on any atom is 0.338 e. The molecule has 1 aromatic heterocycles. The van der Waals surface area contributed by atoms with Gasteiger partial charge >= 0.3 is 5.97 Å². The van der Waals surface area contributed by atoms with Crippen LogP contribution in [0.1, 0.15) is 41.4 Å². The predicted molar refractivity (Wildman–Crippen MR) is 84.6 cm³/mol. The van der Waals surface area contributed by atoms with E-state index in [4.69, 9.17) is 4.74 Å². The molecule has 0 fully saturated rings. The number of benzene rings is 1. The summed E-state index contributed by atoms with van der Waals surface area (Å²) >= 11 is 0. The Kier molecular flexibility index (Phi) is 4.58. The van der Waals surface area contributed by atoms with Gasteiger partial charge in [-0.2, -0.15) is 0 Å². The fraction of sp³-hybridized carbons (Fsp3) is 0.294. The van der Waals surface area contributed by atoms with Crippen molar-refractivity contribution in [3.8, 4) is 0 Å². The van der Waals surface area contributed by atoms with Crippen LogP contribution in [-0.4, -0.2) is 23.9 Å². The molecule has 21 heavy (non-hydrogen) atoms. The molecule has 0 saturated heterocycles. The molecule has 2 aromatic rings. The monoisotopic (exact) mass is 284 g/mol. The van der Waals surface area contributed by atoms with Crippen molar-refractivity contribution in [2.45, 2.75) is 26.8 Å². The number of aromatic nitrogens is 1. The molecule has 1 aromatic carbocycles. The summed E-state index contributed by atoms with van der Waals surface area (Å²) in [5.74, 6) is -0.337. The Labute approximate surface area is 125 Å². The first-order valence-corrected chi connectivity index (χ1v) is 6.92. The maximum atomic E-state index is 11.7. The normalized spacial score (nSPS) is 11.3. The van der Waals surface area contributed by atoms with Crippen LogP contribution in [0.4, 0.5) is 5.69 Å². The van der Waals surface area contributed by atoms with Crippen LogP contribution >= 0.6 is 0 Å². The predicted octanol–water partition coefficient (Wildman–Crippen LogP) is 3.91. The van der Waals surface area contributed by atoms with Crippen molar-refractivity contribution in [3.63, 3.8) is 0 Å². The number of carbonyl (C=O) groups is 1. The van der Waals surface area contributed by atoms with Gasteiger partial charge in [-0.15, -0.1) is 0 Å². The lowest BCUT2D eigenvalue weighted by Crippen LogP contribution is -2.03. The zero-order valence-electron chi connectivity index (χ0n) is 12.8. The van der Waals surface area contributed by atoms with Crippen LogP contribution in [0, 0.1) is 6.92 Å². The zero-order valence-corrected chi connectivity index (χ0v) is 12.8. The molecule has 4 heteroatoms. The molecule has 0 saturated carbocycles. The summed E-state index contributed by atoms with van der Waals surface area (Å²) < 4.78 is 6.89. The molecular weight excluding hydrogens is 264 g/mol. The number of nitrogens with zero attached hydrogens (tertiary/aromatic N) is 2. The molecular formula is C17H20N2O2. The minimum Gasteiger partial charge on any atom is -0.465 e. The summed E-state index contributed by atoms with van der Waals surface area (Å²) in [4.78, 5) is 16.1. The molecule has 1 heterocycles. The molecule has 2 rings (SSSR count). The Morgan fingerprint density at radius 3 is 2.71 bits per heavy atom. The number of rotatable bonds is 4. The Bertz CT molecular complexity index is 669. The van der Waals surface area contributed by atoms with Gasteiger partial charge < -0.3 is 9.30 Å². The van der Waals surface area contributed by atoms with Crippen LogP contribution in [-0.2, 0) is 4.74 Å². The van der Waals surface area contributed by atoms with E-state index in [0.717, 1.165) is 16.8 Å². The molecule has 0 unspecified atom stereocenters. The third-order valence-electron chi connectivity index (χ3n) is 3.40. The average Bonchev–Trinajstić information content (AvgIpc) is 2.94. The van der Waals surface area contributed by atoms with E-state index in [2.05, 4.69) is 23.4 Å². The van der Waals surface area contributed by atoms with Gasteiger partial charge in [0, 0.05) is 30.2 Å². The molecule has 0 bridgehead atoms. The lowest BCUT2D eigenvalue weighted by Gasteiger charge is -2.06. The van der Waals surface area contributed by atoms with Crippen LogP contribution in [0.5, 0.6) is 0 Å². The van der Waals surface area contributed by atoms with Gasteiger partial charge in [0.25, 0.3) is 0 Å². The van der Waals surface area contributed by atoms with Gasteiger partial charge in [0.05, 0.1) is 18.4 Å². The molecule has 0 N–H and O–H groups in total. The lowest BCUT2D eigenvalue weighted by atomic mass is 10.1. The minimum atomic E-state index is -0.337. The van der Waals surface area contributed by atoms with Gasteiger partial charge in [-0.25, -0.2) is 4.79 Å². The highest BCUT2D eigenvalue weighted by Gasteiger charge is 2.10. The number of hydrogen-bond acceptors (Lipinski definition) is 3. The first kappa shape index (κ1) is 15.0. The van der Waals surface area contributed by atoms with Gasteiger partial charge in [0.2, 0.25) is 0 Å². The highest BCUT2D eigenvalue weighted by atomic mass is 16.5. The first-order valence-electron chi connectivity index (χ1n) is 6.92. The van der Waals surface area contributed by atoms with E-state index < -0.39 is 0 Å². The van der Waals surface area contributed by atoms with Crippen molar-refractivity contribution in [2.24, 2.45) is 4.99 Å². The molecule has 0 aliphatic rings. The second-order valence-electron chi connectivity index (χ2n) is 5.19. The van der Waals surface area contributed by atoms with Crippen LogP contribution in [0.2, 0.25) is 0 Å². The first-order chi connectivity index (χ1) is 10.0. The fourth-order valence-electron chi connectivity index (χ4n) is 2.07. The largest absolute Gasteiger partial charge is 0.465 e. The van der Waals surface area contributed by atoms with Crippen LogP contribution in [0.3, 0.4) is 0 Å². The molecule has 0 radical (unpaired) electrons. The fourth-order valence-corrected chi connectivity index (χ4v) is 2.07. The quantitative estimate of drug-likeness (QED) is 0.631. The molecule has 0 aliphatic heterocycles. The van der Waals surface area contributed by atoms with Crippen molar-refractivity contribution in [2.75, 3.05) is 7.11 Å². The molecule has 0 amide bonds. The summed E-state index contributed by atoms with van der Waals surface area (Å²) in [6.45, 7) is 6.13. The Balaban J connectivity index is 2.26. The Morgan fingerprint density at radius 1 is 1.33 bits per heavy atom. The van der Waals surface area contributed by atoms with Crippen LogP contribution in [0.15, 0.2) is 41.7 Å². The number of aliphatic imine (C=N–C) groups is 1. The number of esters is 1. The molecule has 4 nitrogen and oxygen atoms in total. The number of methoxy groups -OCH3 is 1. The van der Waals surface area contributed by atoms with E-state index in [9.17, 15) is 4.79 Å². The number of carbonyl (C=O) groups excluding carboxylic acids is 1. The van der Waals surface area contributed by atoms with Crippen molar-refractivity contribution < 1.29 is 9.53 Å². The number of hydrogen-bond donors (Lipinski definition) is 0. The van der Waals surface area contributed by atoms with Crippen LogP contribution < -0.4 is 0 Å². The zero-order chi connectivity index (χ0) is 15.4. The highest BCUT2D eigenvalue weighted by Crippen LogP contribution is 2.22. The SMILES string of the molecule is COC(=O)c1cccc(N=Cc2ccn(C(C)C)c2)c1C. The number of ether oxygens (including phenoxy) is 1. The van der Waals surface area contributed by atoms with E-state index in [0.29, 0.717) is 11.6 Å². The van der Waals surface area contributed by atoms with Gasteiger partial charge in [0.1, 0.15) is 0 Å². The Morgan fingerprint density at radius 2 is 2.10 bits per heavy atom. The third kappa shape index (κ3) is 3.40. The third-order valence-corrected chi connectivity index (χ3v) is 3.40. The topological polar surface area (TPSA) is 43.6 Å². The summed E-state index contributed by atoms with van der Waals surface area (Å²) in [7, 11) is 1.38. The smallest absolute Gasteiger partial charge is 0.338 e. The van der Waals surface area contributed by atoms with Crippen molar-refractivity contribution in [1.82, 2.24) is 4.57 Å². The average molecular weight is 284 g/mol. The van der Waals surface area contributed by atoms with Gasteiger partial charge in [-0.1, -0.05) is 6.07 Å². The summed E-state index contributed by atoms with van der Waals surface area (Å²) in [5, 5.41) is 0. The van der Waals surface area contributed by atoms with E-state index in [1.165, 1.54) is 7.11 Å². The molecule has 0 aliphatic carbocycles. The van der Waals surface area contributed by atoms with E-state index in [1.54, 1.807) is 6.07 Å². The molecule has 110 valence electrons. The maximum absolute atomic E-state index is 11.7. The second kappa shape index (κ2) is 6.39. The van der Waals surface area contributed by atoms with Crippen molar-refractivity contribution in [1.29, 1.82) is 0 Å².